The second-order valence-electron chi connectivity index (χ2n) is 13.0. The van der Waals surface area contributed by atoms with Gasteiger partial charge in [0.25, 0.3) is 0 Å². The smallest absolute Gasteiger partial charge is 0.164 e. The first kappa shape index (κ1) is 32.0. The van der Waals surface area contributed by atoms with E-state index < -0.39 is 0 Å². The summed E-state index contributed by atoms with van der Waals surface area (Å²) >= 11 is 3.36. The van der Waals surface area contributed by atoms with Gasteiger partial charge in [-0.05, 0) is 82.9 Å². The second-order valence-corrected chi connectivity index (χ2v) is 15.0. The second kappa shape index (κ2) is 13.7. The van der Waals surface area contributed by atoms with E-state index >= 15 is 0 Å². The van der Waals surface area contributed by atoms with Crippen molar-refractivity contribution in [1.29, 1.82) is 0 Å². The number of hydrogen-bond acceptors (Lipinski definition) is 7. The summed E-state index contributed by atoms with van der Waals surface area (Å²) in [6.45, 7) is 0. The van der Waals surface area contributed by atoms with Crippen LogP contribution in [0.1, 0.15) is 0 Å². The Bertz CT molecular complexity index is 2720. The fourth-order valence-electron chi connectivity index (χ4n) is 6.70. The highest BCUT2D eigenvalue weighted by molar-refractivity contribution is 7.22. The highest BCUT2D eigenvalue weighted by Gasteiger charge is 2.18. The highest BCUT2D eigenvalue weighted by atomic mass is 32.1. The van der Waals surface area contributed by atoms with E-state index in [2.05, 4.69) is 121 Å². The van der Waals surface area contributed by atoms with Crippen LogP contribution in [0.15, 0.2) is 176 Å². The summed E-state index contributed by atoms with van der Waals surface area (Å²) in [5, 5.41) is 1.86. The summed E-state index contributed by atoms with van der Waals surface area (Å²) < 4.78 is 2.28. The number of para-hydroxylation sites is 2. The topological polar surface area (TPSA) is 64.5 Å². The van der Waals surface area contributed by atoms with Gasteiger partial charge in [-0.3, -0.25) is 0 Å². The molecule has 10 rings (SSSR count). The SMILES string of the molecule is c1ccc(-c2cc(-c3ccccc3)cc(-c3nc(-c4ccccc4)nc(-c4cc(-c5nc6ccccc6s5)cc(-c5nc6ccccc6s5)c4)n3)c2)cc1. The van der Waals surface area contributed by atoms with Crippen molar-refractivity contribution in [1.82, 2.24) is 24.9 Å². The normalized spacial score (nSPS) is 11.3. The fraction of sp³-hybridized carbons (Fsp3) is 0. The first-order valence-electron chi connectivity index (χ1n) is 17.7. The number of hydrogen-bond donors (Lipinski definition) is 0. The van der Waals surface area contributed by atoms with Gasteiger partial charge in [0.1, 0.15) is 10.0 Å². The highest BCUT2D eigenvalue weighted by Crippen LogP contribution is 2.39. The molecule has 0 amide bonds. The average Bonchev–Trinajstić information content (AvgIpc) is 3.90. The number of rotatable bonds is 7. The largest absolute Gasteiger partial charge is 0.236 e. The summed E-state index contributed by atoms with van der Waals surface area (Å²) in [6.07, 6.45) is 0. The molecule has 3 aromatic heterocycles. The molecule has 0 fully saturated rings. The van der Waals surface area contributed by atoms with E-state index in [0.29, 0.717) is 17.5 Å². The molecule has 0 aliphatic carbocycles. The first-order chi connectivity index (χ1) is 26.7. The Balaban J connectivity index is 1.20. The van der Waals surface area contributed by atoms with E-state index in [1.807, 2.05) is 54.6 Å². The van der Waals surface area contributed by atoms with Gasteiger partial charge in [0.05, 0.1) is 20.4 Å². The average molecular weight is 728 g/mol. The van der Waals surface area contributed by atoms with Crippen LogP contribution < -0.4 is 0 Å². The summed E-state index contributed by atoms with van der Waals surface area (Å²) in [7, 11) is 0. The van der Waals surface area contributed by atoms with Gasteiger partial charge in [-0.2, -0.15) is 0 Å². The van der Waals surface area contributed by atoms with Crippen LogP contribution in [0, 0.1) is 0 Å². The summed E-state index contributed by atoms with van der Waals surface area (Å²) in [5.41, 5.74) is 11.0. The van der Waals surface area contributed by atoms with Crippen molar-refractivity contribution < 1.29 is 0 Å². The molecule has 0 radical (unpaired) electrons. The molecule has 5 nitrogen and oxygen atoms in total. The molecule has 0 spiro atoms. The molecule has 254 valence electrons. The minimum absolute atomic E-state index is 0.579. The van der Waals surface area contributed by atoms with Crippen molar-refractivity contribution in [3.8, 4) is 77.6 Å². The van der Waals surface area contributed by atoms with Crippen LogP contribution in [0.5, 0.6) is 0 Å². The number of thiazole rings is 2. The zero-order chi connectivity index (χ0) is 35.8. The maximum absolute atomic E-state index is 5.27. The van der Waals surface area contributed by atoms with Crippen molar-refractivity contribution in [2.45, 2.75) is 0 Å². The molecular weight excluding hydrogens is 699 g/mol. The van der Waals surface area contributed by atoms with Crippen LogP contribution in [0.4, 0.5) is 0 Å². The monoisotopic (exact) mass is 727 g/mol. The lowest BCUT2D eigenvalue weighted by Gasteiger charge is -2.13. The molecule has 3 heterocycles. The molecule has 10 aromatic rings. The molecule has 0 saturated heterocycles. The molecule has 0 unspecified atom stereocenters. The molecule has 0 N–H and O–H groups in total. The molecule has 7 heteroatoms. The molecule has 7 aromatic carbocycles. The third-order valence-electron chi connectivity index (χ3n) is 9.35. The molecular formula is C47H29N5S2. The van der Waals surface area contributed by atoms with Gasteiger partial charge in [-0.1, -0.05) is 115 Å². The van der Waals surface area contributed by atoms with Gasteiger partial charge in [-0.25, -0.2) is 24.9 Å². The van der Waals surface area contributed by atoms with Gasteiger partial charge in [0, 0.05) is 27.8 Å². The Morgan fingerprint density at radius 2 is 0.593 bits per heavy atom. The lowest BCUT2D eigenvalue weighted by molar-refractivity contribution is 1.07. The van der Waals surface area contributed by atoms with Crippen LogP contribution >= 0.6 is 22.7 Å². The number of benzene rings is 7. The lowest BCUT2D eigenvalue weighted by Crippen LogP contribution is -2.01. The van der Waals surface area contributed by atoms with Gasteiger partial charge >= 0.3 is 0 Å². The van der Waals surface area contributed by atoms with Crippen LogP contribution in [0.3, 0.4) is 0 Å². The summed E-state index contributed by atoms with van der Waals surface area (Å²) in [6, 6.07) is 60.7. The van der Waals surface area contributed by atoms with Crippen LogP contribution in [-0.2, 0) is 0 Å². The van der Waals surface area contributed by atoms with Crippen molar-refractivity contribution in [2.75, 3.05) is 0 Å². The number of fused-ring (bicyclic) bond motifs is 2. The molecule has 54 heavy (non-hydrogen) atoms. The van der Waals surface area contributed by atoms with E-state index in [1.54, 1.807) is 22.7 Å². The molecule has 0 saturated carbocycles. The number of aromatic nitrogens is 5. The lowest BCUT2D eigenvalue weighted by atomic mass is 9.96. The predicted octanol–water partition coefficient (Wildman–Crippen LogP) is 12.8. The zero-order valence-electron chi connectivity index (χ0n) is 28.8. The van der Waals surface area contributed by atoms with Gasteiger partial charge in [0.2, 0.25) is 0 Å². The standard InChI is InChI=1S/C47H29N5S2/c1-4-14-30(15-5-1)33-24-34(31-16-6-2-7-17-31)26-35(25-33)44-50-43(32-18-8-3-9-19-32)51-45(52-44)36-27-37(46-48-39-20-10-12-22-41(39)53-46)29-38(28-36)47-49-40-21-11-13-23-42(40)54-47/h1-29H. The van der Waals surface area contributed by atoms with E-state index in [9.17, 15) is 0 Å². The Morgan fingerprint density at radius 1 is 0.259 bits per heavy atom. The third-order valence-corrected chi connectivity index (χ3v) is 11.5. The zero-order valence-corrected chi connectivity index (χ0v) is 30.4. The van der Waals surface area contributed by atoms with Gasteiger partial charge < -0.3 is 0 Å². The van der Waals surface area contributed by atoms with Gasteiger partial charge in [0.15, 0.2) is 17.5 Å². The van der Waals surface area contributed by atoms with Crippen LogP contribution in [0.25, 0.3) is 98.0 Å². The first-order valence-corrected chi connectivity index (χ1v) is 19.3. The quantitative estimate of drug-likeness (QED) is 0.164. The van der Waals surface area contributed by atoms with Crippen molar-refractivity contribution in [2.24, 2.45) is 0 Å². The maximum Gasteiger partial charge on any atom is 0.164 e. The molecule has 0 atom stereocenters. The van der Waals surface area contributed by atoms with E-state index in [0.717, 1.165) is 80.5 Å². The van der Waals surface area contributed by atoms with Crippen LogP contribution in [0.2, 0.25) is 0 Å². The molecule has 0 aliphatic heterocycles. The minimum atomic E-state index is 0.579. The Kier molecular flexibility index (Phi) is 8.13. The third kappa shape index (κ3) is 6.26. The minimum Gasteiger partial charge on any atom is -0.236 e. The maximum atomic E-state index is 5.27. The van der Waals surface area contributed by atoms with Gasteiger partial charge in [-0.15, -0.1) is 22.7 Å². The van der Waals surface area contributed by atoms with E-state index in [4.69, 9.17) is 24.9 Å². The van der Waals surface area contributed by atoms with Crippen molar-refractivity contribution in [3.63, 3.8) is 0 Å². The number of nitrogens with zero attached hydrogens (tertiary/aromatic N) is 5. The summed E-state index contributed by atoms with van der Waals surface area (Å²) in [4.78, 5) is 25.7. The molecule has 0 aliphatic rings. The Hall–Kier alpha value is -6.67. The van der Waals surface area contributed by atoms with Crippen LogP contribution in [-0.4, -0.2) is 24.9 Å². The van der Waals surface area contributed by atoms with Crippen molar-refractivity contribution in [3.05, 3.63) is 176 Å². The Labute approximate surface area is 320 Å². The fourth-order valence-corrected chi connectivity index (χ4v) is 8.60. The predicted molar refractivity (Wildman–Crippen MR) is 224 cm³/mol. The van der Waals surface area contributed by atoms with E-state index in [-0.39, 0.29) is 0 Å². The van der Waals surface area contributed by atoms with E-state index in [1.165, 1.54) is 0 Å². The van der Waals surface area contributed by atoms with Crippen molar-refractivity contribution >= 4 is 43.1 Å². The molecule has 0 bridgehead atoms. The summed E-state index contributed by atoms with van der Waals surface area (Å²) in [5.74, 6) is 1.78. The Morgan fingerprint density at radius 3 is 1.04 bits per heavy atom.